The number of fused-ring (bicyclic) bond motifs is 3. The molecule has 0 aliphatic heterocycles. The predicted molar refractivity (Wildman–Crippen MR) is 156 cm³/mol. The Hall–Kier alpha value is -3.40. The van der Waals surface area contributed by atoms with Crippen LogP contribution >= 0.6 is 11.8 Å². The molecule has 212 valence electrons. The Morgan fingerprint density at radius 1 is 1.08 bits per heavy atom. The number of nitrogens with one attached hydrogen (secondary N) is 3. The van der Waals surface area contributed by atoms with E-state index in [9.17, 15) is 14.4 Å². The second-order valence-electron chi connectivity index (χ2n) is 9.74. The molecule has 2 aromatic carbocycles. The molecule has 1 aliphatic carbocycles. The molecule has 2 amide bonds. The van der Waals surface area contributed by atoms with Crippen LogP contribution in [-0.4, -0.2) is 57.2 Å². The Morgan fingerprint density at radius 3 is 2.38 bits per heavy atom. The van der Waals surface area contributed by atoms with Gasteiger partial charge in [-0.25, -0.2) is 0 Å². The minimum absolute atomic E-state index is 0.0277. The predicted octanol–water partition coefficient (Wildman–Crippen LogP) is 3.92. The summed E-state index contributed by atoms with van der Waals surface area (Å²) in [5.41, 5.74) is 3.14. The zero-order chi connectivity index (χ0) is 28.7. The first-order valence-corrected chi connectivity index (χ1v) is 14.4. The molecule has 0 fully saturated rings. The Morgan fingerprint density at radius 2 is 1.79 bits per heavy atom. The molecule has 0 aromatic heterocycles. The number of amides is 2. The van der Waals surface area contributed by atoms with Crippen molar-refractivity contribution in [1.82, 2.24) is 10.6 Å². The highest BCUT2D eigenvalue weighted by atomic mass is 32.2. The monoisotopic (exact) mass is 557 g/mol. The highest BCUT2D eigenvalue weighted by Crippen LogP contribution is 2.50. The third kappa shape index (κ3) is 6.98. The van der Waals surface area contributed by atoms with Crippen molar-refractivity contribution >= 4 is 29.3 Å². The minimum atomic E-state index is -0.577. The van der Waals surface area contributed by atoms with Gasteiger partial charge in [-0.05, 0) is 80.0 Å². The number of anilines is 1. The molecule has 3 N–H and O–H groups in total. The fraction of sp³-hybridized carbons (Fsp3) is 0.483. The van der Waals surface area contributed by atoms with Crippen LogP contribution in [0.3, 0.4) is 0 Å². The van der Waals surface area contributed by atoms with E-state index in [1.54, 1.807) is 45.2 Å². The van der Waals surface area contributed by atoms with E-state index in [1.807, 2.05) is 32.2 Å². The zero-order valence-corrected chi connectivity index (χ0v) is 24.5. The first-order valence-electron chi connectivity index (χ1n) is 13.0. The number of thioether (sulfide) groups is 1. The quantitative estimate of drug-likeness (QED) is 0.381. The van der Waals surface area contributed by atoms with E-state index < -0.39 is 12.1 Å². The molecule has 0 radical (unpaired) electrons. The van der Waals surface area contributed by atoms with Gasteiger partial charge in [0.05, 0.1) is 33.1 Å². The van der Waals surface area contributed by atoms with Crippen molar-refractivity contribution in [3.8, 4) is 28.4 Å². The van der Waals surface area contributed by atoms with Crippen molar-refractivity contribution in [3.63, 3.8) is 0 Å². The van der Waals surface area contributed by atoms with Gasteiger partial charge in [0.15, 0.2) is 11.5 Å². The summed E-state index contributed by atoms with van der Waals surface area (Å²) in [5, 5.41) is 9.14. The van der Waals surface area contributed by atoms with Crippen molar-refractivity contribution in [3.05, 3.63) is 45.6 Å². The molecule has 0 saturated carbocycles. The summed E-state index contributed by atoms with van der Waals surface area (Å²) in [7, 11) is 4.68. The van der Waals surface area contributed by atoms with Crippen molar-refractivity contribution in [1.29, 1.82) is 0 Å². The highest BCUT2D eigenvalue weighted by molar-refractivity contribution is 7.98. The lowest BCUT2D eigenvalue weighted by Gasteiger charge is -2.20. The third-order valence-corrected chi connectivity index (χ3v) is 7.25. The van der Waals surface area contributed by atoms with Crippen LogP contribution in [0.25, 0.3) is 11.1 Å². The molecule has 2 aromatic rings. The van der Waals surface area contributed by atoms with Gasteiger partial charge in [0, 0.05) is 18.5 Å². The van der Waals surface area contributed by atoms with Gasteiger partial charge in [-0.3, -0.25) is 14.4 Å². The van der Waals surface area contributed by atoms with Gasteiger partial charge >= 0.3 is 0 Å². The molecule has 10 heteroatoms. The summed E-state index contributed by atoms with van der Waals surface area (Å²) >= 11 is 1.64. The van der Waals surface area contributed by atoms with Gasteiger partial charge < -0.3 is 30.2 Å². The number of methoxy groups -OCH3 is 3. The number of rotatable bonds is 11. The summed E-state index contributed by atoms with van der Waals surface area (Å²) in [6.45, 7) is 5.26. The summed E-state index contributed by atoms with van der Waals surface area (Å²) < 4.78 is 17.1. The van der Waals surface area contributed by atoms with Crippen LogP contribution in [0.4, 0.5) is 5.69 Å². The number of carbonyl (C=O) groups is 2. The number of aryl methyl sites for hydroxylation is 1. The lowest BCUT2D eigenvalue weighted by molar-refractivity contribution is -0.122. The van der Waals surface area contributed by atoms with E-state index in [4.69, 9.17) is 14.2 Å². The van der Waals surface area contributed by atoms with E-state index in [0.29, 0.717) is 47.8 Å². The van der Waals surface area contributed by atoms with Gasteiger partial charge in [0.2, 0.25) is 23.0 Å². The first kappa shape index (κ1) is 30.1. The van der Waals surface area contributed by atoms with Crippen molar-refractivity contribution in [2.75, 3.05) is 38.7 Å². The van der Waals surface area contributed by atoms with Gasteiger partial charge in [0.25, 0.3) is 0 Å². The number of ether oxygens (including phenoxy) is 3. The number of benzene rings is 1. The summed E-state index contributed by atoms with van der Waals surface area (Å²) in [6.07, 6.45) is 3.71. The lowest BCUT2D eigenvalue weighted by Crippen LogP contribution is -2.43. The second kappa shape index (κ2) is 13.6. The van der Waals surface area contributed by atoms with Crippen LogP contribution in [0.5, 0.6) is 17.2 Å². The fourth-order valence-corrected chi connectivity index (χ4v) is 5.38. The van der Waals surface area contributed by atoms with E-state index >= 15 is 0 Å². The smallest absolute Gasteiger partial charge is 0.242 e. The average molecular weight is 558 g/mol. The van der Waals surface area contributed by atoms with Crippen molar-refractivity contribution < 1.29 is 23.8 Å². The van der Waals surface area contributed by atoms with E-state index in [1.165, 1.54) is 6.92 Å². The van der Waals surface area contributed by atoms with Crippen molar-refractivity contribution in [2.24, 2.45) is 0 Å². The molecular formula is C29H39N3O6S. The average Bonchev–Trinajstić information content (AvgIpc) is 3.13. The standard InChI is InChI=1S/C29H39N3O6S/c1-16(2)30-29(35)23(12-13-39-7)32-22-11-9-19-20(15-24(22)34)21(31-17(3)33)10-8-18-14-25(36-4)27(37-5)28(38-6)26(18)19/h9,11,14-16,21,23H,8,10,12-13H2,1-7H3,(H,30,35)(H,31,33)(H,32,34)/t21-,23-/m0/s1. The molecule has 0 unspecified atom stereocenters. The summed E-state index contributed by atoms with van der Waals surface area (Å²) in [5.74, 6) is 1.86. The molecule has 0 heterocycles. The largest absolute Gasteiger partial charge is 0.493 e. The molecule has 2 atom stereocenters. The summed E-state index contributed by atoms with van der Waals surface area (Å²) in [4.78, 5) is 38.7. The Kier molecular flexibility index (Phi) is 10.5. The van der Waals surface area contributed by atoms with Crippen LogP contribution in [0.2, 0.25) is 0 Å². The fourth-order valence-electron chi connectivity index (χ4n) is 4.90. The summed E-state index contributed by atoms with van der Waals surface area (Å²) in [6, 6.07) is 6.00. The van der Waals surface area contributed by atoms with E-state index in [2.05, 4.69) is 16.0 Å². The first-order chi connectivity index (χ1) is 18.6. The van der Waals surface area contributed by atoms with Gasteiger partial charge in [-0.1, -0.05) is 6.07 Å². The van der Waals surface area contributed by atoms with Crippen LogP contribution in [0.15, 0.2) is 29.1 Å². The lowest BCUT2D eigenvalue weighted by atomic mass is 9.95. The Balaban J connectivity index is 2.24. The second-order valence-corrected chi connectivity index (χ2v) is 10.7. The molecule has 9 nitrogen and oxygen atoms in total. The van der Waals surface area contributed by atoms with Crippen LogP contribution in [0, 0.1) is 0 Å². The van der Waals surface area contributed by atoms with Crippen LogP contribution < -0.4 is 35.6 Å². The van der Waals surface area contributed by atoms with E-state index in [-0.39, 0.29) is 23.3 Å². The maximum absolute atomic E-state index is 13.6. The topological polar surface area (TPSA) is 115 Å². The number of hydrogen-bond donors (Lipinski definition) is 3. The molecule has 0 bridgehead atoms. The Labute approximate surface area is 234 Å². The molecular weight excluding hydrogens is 518 g/mol. The Bertz CT molecular complexity index is 1270. The maximum Gasteiger partial charge on any atom is 0.242 e. The molecule has 1 aliphatic rings. The third-order valence-electron chi connectivity index (χ3n) is 6.60. The van der Waals surface area contributed by atoms with Crippen LogP contribution in [-0.2, 0) is 16.0 Å². The molecule has 0 spiro atoms. The SMILES string of the molecule is COc1cc2c(c(OC)c1OC)-c1ccc(N[C@@H](CCSC)C(=O)NC(C)C)c(=O)cc1[C@@H](NC(C)=O)CC2. The zero-order valence-electron chi connectivity index (χ0n) is 23.7. The normalized spacial score (nSPS) is 14.8. The minimum Gasteiger partial charge on any atom is -0.493 e. The number of hydrogen-bond acceptors (Lipinski definition) is 8. The van der Waals surface area contributed by atoms with Gasteiger partial charge in [-0.15, -0.1) is 0 Å². The van der Waals surface area contributed by atoms with Crippen LogP contribution in [0.1, 0.15) is 50.8 Å². The molecule has 3 rings (SSSR count). The van der Waals surface area contributed by atoms with Crippen molar-refractivity contribution in [2.45, 2.75) is 58.2 Å². The van der Waals surface area contributed by atoms with Gasteiger partial charge in [-0.2, -0.15) is 11.8 Å². The van der Waals surface area contributed by atoms with E-state index in [0.717, 1.165) is 22.4 Å². The number of carbonyl (C=O) groups excluding carboxylic acids is 2. The molecule has 0 saturated heterocycles. The van der Waals surface area contributed by atoms with Gasteiger partial charge in [0.1, 0.15) is 6.04 Å². The molecule has 39 heavy (non-hydrogen) atoms. The maximum atomic E-state index is 13.6. The highest BCUT2D eigenvalue weighted by Gasteiger charge is 2.30.